The molecule has 1 radical (unpaired) electrons. The van der Waals surface area contributed by atoms with Gasteiger partial charge in [0.15, 0.2) is 0 Å². The molecule has 0 fully saturated rings. The zero-order valence-corrected chi connectivity index (χ0v) is 10.2. The van der Waals surface area contributed by atoms with Crippen molar-refractivity contribution in [1.29, 1.82) is 0 Å². The van der Waals surface area contributed by atoms with Crippen LogP contribution in [0.25, 0.3) is 0 Å². The maximum atomic E-state index is 2.37. The third-order valence-electron chi connectivity index (χ3n) is 3.17. The van der Waals surface area contributed by atoms with Gasteiger partial charge in [0.05, 0.1) is 0 Å². The lowest BCUT2D eigenvalue weighted by Crippen LogP contribution is -2.07. The van der Waals surface area contributed by atoms with Gasteiger partial charge in [0.2, 0.25) is 0 Å². The summed E-state index contributed by atoms with van der Waals surface area (Å²) < 4.78 is 0. The molecule has 0 saturated heterocycles. The van der Waals surface area contributed by atoms with Gasteiger partial charge in [0.25, 0.3) is 0 Å². The lowest BCUT2D eigenvalue weighted by atomic mass is 9.85. The highest BCUT2D eigenvalue weighted by atomic mass is 14.2. The average molecular weight is 183 g/mol. The maximum absolute atomic E-state index is 2.37. The molecule has 79 valence electrons. The summed E-state index contributed by atoms with van der Waals surface area (Å²) in [5, 5.41) is 0. The molecule has 0 amide bonds. The lowest BCUT2D eigenvalue weighted by molar-refractivity contribution is 0.441. The minimum atomic E-state index is 0.888. The SMILES string of the molecule is CC[C](CC(C)CC)CC(C)CC. The maximum Gasteiger partial charge on any atom is -0.0238 e. The van der Waals surface area contributed by atoms with Gasteiger partial charge in [0.1, 0.15) is 0 Å². The first-order chi connectivity index (χ1) is 6.13. The van der Waals surface area contributed by atoms with Crippen molar-refractivity contribution < 1.29 is 0 Å². The highest BCUT2D eigenvalue weighted by Crippen LogP contribution is 2.27. The molecule has 0 aliphatic rings. The Labute approximate surface area is 85.1 Å². The van der Waals surface area contributed by atoms with Crippen molar-refractivity contribution in [3.8, 4) is 0 Å². The van der Waals surface area contributed by atoms with E-state index in [0.29, 0.717) is 0 Å². The second-order valence-corrected chi connectivity index (χ2v) is 4.54. The Morgan fingerprint density at radius 2 is 1.23 bits per heavy atom. The minimum Gasteiger partial charge on any atom is -0.0651 e. The molecule has 0 heteroatoms. The van der Waals surface area contributed by atoms with Gasteiger partial charge in [-0.2, -0.15) is 0 Å². The molecule has 0 rings (SSSR count). The van der Waals surface area contributed by atoms with E-state index in [9.17, 15) is 0 Å². The van der Waals surface area contributed by atoms with Crippen LogP contribution in [0.15, 0.2) is 0 Å². The van der Waals surface area contributed by atoms with Gasteiger partial charge < -0.3 is 0 Å². The van der Waals surface area contributed by atoms with Crippen LogP contribution in [0.3, 0.4) is 0 Å². The zero-order chi connectivity index (χ0) is 10.3. The summed E-state index contributed by atoms with van der Waals surface area (Å²) in [6.45, 7) is 11.6. The highest BCUT2D eigenvalue weighted by molar-refractivity contribution is 4.90. The van der Waals surface area contributed by atoms with Gasteiger partial charge in [-0.3, -0.25) is 0 Å². The van der Waals surface area contributed by atoms with Crippen molar-refractivity contribution in [2.75, 3.05) is 0 Å². The van der Waals surface area contributed by atoms with E-state index in [0.717, 1.165) is 11.8 Å². The van der Waals surface area contributed by atoms with Crippen LogP contribution >= 0.6 is 0 Å². The topological polar surface area (TPSA) is 0 Å². The zero-order valence-electron chi connectivity index (χ0n) is 10.2. The fourth-order valence-corrected chi connectivity index (χ4v) is 1.65. The van der Waals surface area contributed by atoms with Crippen LogP contribution < -0.4 is 0 Å². The third-order valence-corrected chi connectivity index (χ3v) is 3.17. The predicted octanol–water partition coefficient (Wildman–Crippen LogP) is 4.84. The summed E-state index contributed by atoms with van der Waals surface area (Å²) in [7, 11) is 0. The van der Waals surface area contributed by atoms with Crippen LogP contribution in [0.5, 0.6) is 0 Å². The molecule has 0 aromatic heterocycles. The van der Waals surface area contributed by atoms with E-state index in [1.54, 1.807) is 5.92 Å². The van der Waals surface area contributed by atoms with Crippen molar-refractivity contribution in [3.63, 3.8) is 0 Å². The van der Waals surface area contributed by atoms with Crippen molar-refractivity contribution in [2.45, 2.75) is 66.7 Å². The molecule has 0 aliphatic carbocycles. The lowest BCUT2D eigenvalue weighted by Gasteiger charge is -2.21. The van der Waals surface area contributed by atoms with Crippen LogP contribution in [0, 0.1) is 17.8 Å². The Hall–Kier alpha value is 0. The molecule has 2 atom stereocenters. The molecule has 0 aromatic rings. The molecule has 0 aromatic carbocycles. The van der Waals surface area contributed by atoms with E-state index in [-0.39, 0.29) is 0 Å². The second kappa shape index (κ2) is 7.41. The molecule has 0 saturated carbocycles. The van der Waals surface area contributed by atoms with Crippen LogP contribution in [-0.2, 0) is 0 Å². The molecule has 0 nitrogen and oxygen atoms in total. The number of rotatable bonds is 7. The van der Waals surface area contributed by atoms with E-state index in [1.807, 2.05) is 0 Å². The van der Waals surface area contributed by atoms with E-state index in [1.165, 1.54) is 32.1 Å². The van der Waals surface area contributed by atoms with Crippen LogP contribution in [0.4, 0.5) is 0 Å². The first-order valence-electron chi connectivity index (χ1n) is 5.97. The molecule has 13 heavy (non-hydrogen) atoms. The quantitative estimate of drug-likeness (QED) is 0.529. The largest absolute Gasteiger partial charge is 0.0651 e. The summed E-state index contributed by atoms with van der Waals surface area (Å²) in [6, 6.07) is 0. The van der Waals surface area contributed by atoms with E-state index in [2.05, 4.69) is 34.6 Å². The molecule has 0 spiro atoms. The summed E-state index contributed by atoms with van der Waals surface area (Å²) in [5.41, 5.74) is 0. The van der Waals surface area contributed by atoms with Crippen molar-refractivity contribution in [3.05, 3.63) is 5.92 Å². The Kier molecular flexibility index (Phi) is 7.41. The van der Waals surface area contributed by atoms with Crippen LogP contribution in [0.2, 0.25) is 0 Å². The summed E-state index contributed by atoms with van der Waals surface area (Å²) in [5.74, 6) is 3.56. The molecule has 0 aliphatic heterocycles. The van der Waals surface area contributed by atoms with Gasteiger partial charge in [-0.05, 0) is 37.0 Å². The van der Waals surface area contributed by atoms with E-state index >= 15 is 0 Å². The first-order valence-corrected chi connectivity index (χ1v) is 5.97. The van der Waals surface area contributed by atoms with Crippen LogP contribution in [-0.4, -0.2) is 0 Å². The molecule has 0 bridgehead atoms. The smallest absolute Gasteiger partial charge is 0.0238 e. The minimum absolute atomic E-state index is 0.888. The monoisotopic (exact) mass is 183 g/mol. The normalized spacial score (nSPS) is 16.2. The Balaban J connectivity index is 3.74. The number of hydrogen-bond donors (Lipinski definition) is 0. The van der Waals surface area contributed by atoms with Gasteiger partial charge in [-0.1, -0.05) is 47.5 Å². The van der Waals surface area contributed by atoms with Gasteiger partial charge in [0, 0.05) is 0 Å². The predicted molar refractivity (Wildman–Crippen MR) is 61.7 cm³/mol. The van der Waals surface area contributed by atoms with Crippen molar-refractivity contribution in [1.82, 2.24) is 0 Å². The summed E-state index contributed by atoms with van der Waals surface area (Å²) in [4.78, 5) is 0. The molecular weight excluding hydrogens is 156 g/mol. The average Bonchev–Trinajstić information content (AvgIpc) is 2.16. The highest BCUT2D eigenvalue weighted by Gasteiger charge is 2.13. The standard InChI is InChI=1S/C13H27/c1-6-11(4)9-13(8-3)10-12(5)7-2/h11-12H,6-10H2,1-5H3. The van der Waals surface area contributed by atoms with Gasteiger partial charge >= 0.3 is 0 Å². The second-order valence-electron chi connectivity index (χ2n) is 4.54. The Morgan fingerprint density at radius 1 is 0.846 bits per heavy atom. The fourth-order valence-electron chi connectivity index (χ4n) is 1.65. The van der Waals surface area contributed by atoms with E-state index < -0.39 is 0 Å². The molecular formula is C13H27. The summed E-state index contributed by atoms with van der Waals surface area (Å²) in [6.07, 6.45) is 6.65. The Bertz CT molecular complexity index is 94.6. The molecule has 0 heterocycles. The van der Waals surface area contributed by atoms with Crippen LogP contribution in [0.1, 0.15) is 66.7 Å². The van der Waals surface area contributed by atoms with Gasteiger partial charge in [-0.25, -0.2) is 0 Å². The molecule has 0 N–H and O–H groups in total. The van der Waals surface area contributed by atoms with Gasteiger partial charge in [-0.15, -0.1) is 0 Å². The van der Waals surface area contributed by atoms with Crippen molar-refractivity contribution in [2.24, 2.45) is 11.8 Å². The summed E-state index contributed by atoms with van der Waals surface area (Å²) >= 11 is 0. The fraction of sp³-hybridized carbons (Fsp3) is 0.923. The Morgan fingerprint density at radius 3 is 1.46 bits per heavy atom. The first kappa shape index (κ1) is 13.0. The van der Waals surface area contributed by atoms with Crippen molar-refractivity contribution >= 4 is 0 Å². The number of hydrogen-bond acceptors (Lipinski definition) is 0. The molecule has 2 unspecified atom stereocenters. The third kappa shape index (κ3) is 6.12. The van der Waals surface area contributed by atoms with E-state index in [4.69, 9.17) is 0 Å².